The Balaban J connectivity index is 2.00. The monoisotopic (exact) mass is 413 g/mol. The van der Waals surface area contributed by atoms with Gasteiger partial charge in [0.05, 0.1) is 10.9 Å². The molecule has 0 heterocycles. The molecule has 1 saturated carbocycles. The lowest BCUT2D eigenvalue weighted by Crippen LogP contribution is -2.42. The molecule has 0 unspecified atom stereocenters. The molecular formula is C24H31NO3S. The van der Waals surface area contributed by atoms with Crippen molar-refractivity contribution in [1.29, 1.82) is 0 Å². The van der Waals surface area contributed by atoms with Crippen molar-refractivity contribution in [3.05, 3.63) is 65.7 Å². The summed E-state index contributed by atoms with van der Waals surface area (Å²) in [6.45, 7) is 6.24. The number of rotatable bonds is 7. The molecule has 29 heavy (non-hydrogen) atoms. The Hall–Kier alpha value is -1.98. The zero-order valence-corrected chi connectivity index (χ0v) is 18.3. The van der Waals surface area contributed by atoms with Crippen LogP contribution in [0.25, 0.3) is 0 Å². The molecule has 0 spiro atoms. The molecule has 0 aromatic heterocycles. The van der Waals surface area contributed by atoms with Crippen molar-refractivity contribution in [1.82, 2.24) is 4.72 Å². The summed E-state index contributed by atoms with van der Waals surface area (Å²) in [5.41, 5.74) is 1.85. The third-order valence-electron chi connectivity index (χ3n) is 5.78. The van der Waals surface area contributed by atoms with E-state index in [9.17, 15) is 13.2 Å². The fourth-order valence-electron chi connectivity index (χ4n) is 4.44. The van der Waals surface area contributed by atoms with Crippen LogP contribution in [0.15, 0.2) is 59.5 Å². The van der Waals surface area contributed by atoms with Crippen LogP contribution in [0.5, 0.6) is 0 Å². The van der Waals surface area contributed by atoms with Crippen LogP contribution in [0.4, 0.5) is 0 Å². The predicted molar refractivity (Wildman–Crippen MR) is 116 cm³/mol. The minimum absolute atomic E-state index is 0.169. The smallest absolute Gasteiger partial charge is 0.241 e. The molecule has 156 valence electrons. The number of ketones is 1. The van der Waals surface area contributed by atoms with Gasteiger partial charge in [0.2, 0.25) is 10.0 Å². The molecule has 0 aliphatic heterocycles. The van der Waals surface area contributed by atoms with Crippen LogP contribution in [0.1, 0.15) is 56.7 Å². The Bertz CT molecular complexity index is 920. The van der Waals surface area contributed by atoms with Crippen LogP contribution in [-0.2, 0) is 14.8 Å². The molecule has 1 aliphatic rings. The summed E-state index contributed by atoms with van der Waals surface area (Å²) in [6, 6.07) is 15.8. The maximum Gasteiger partial charge on any atom is 0.241 e. The number of nitrogens with one attached hydrogen (secondary N) is 1. The molecule has 5 heteroatoms. The predicted octanol–water partition coefficient (Wildman–Crippen LogP) is 5.05. The summed E-state index contributed by atoms with van der Waals surface area (Å²) in [6.07, 6.45) is 3.30. The van der Waals surface area contributed by atoms with Crippen molar-refractivity contribution in [2.24, 2.45) is 17.8 Å². The van der Waals surface area contributed by atoms with E-state index in [1.165, 1.54) is 0 Å². The summed E-state index contributed by atoms with van der Waals surface area (Å²) >= 11 is 0. The second-order valence-electron chi connectivity index (χ2n) is 8.60. The molecule has 2 aromatic rings. The zero-order chi connectivity index (χ0) is 21.0. The molecule has 1 N–H and O–H groups in total. The van der Waals surface area contributed by atoms with Crippen LogP contribution in [0.2, 0.25) is 0 Å². The van der Waals surface area contributed by atoms with E-state index in [4.69, 9.17) is 0 Å². The van der Waals surface area contributed by atoms with Gasteiger partial charge in [-0.2, -0.15) is 0 Å². The average molecular weight is 414 g/mol. The highest BCUT2D eigenvalue weighted by Gasteiger charge is 2.40. The summed E-state index contributed by atoms with van der Waals surface area (Å²) in [5, 5.41) is 0. The first-order valence-corrected chi connectivity index (χ1v) is 11.9. The van der Waals surface area contributed by atoms with E-state index in [1.807, 2.05) is 37.3 Å². The Labute approximate surface area is 174 Å². The van der Waals surface area contributed by atoms with Crippen LogP contribution in [0.3, 0.4) is 0 Å². The highest BCUT2D eigenvalue weighted by Crippen LogP contribution is 2.40. The van der Waals surface area contributed by atoms with Crippen LogP contribution < -0.4 is 4.72 Å². The molecule has 4 nitrogen and oxygen atoms in total. The molecule has 0 bridgehead atoms. The number of hydrogen-bond acceptors (Lipinski definition) is 3. The number of benzene rings is 2. The average Bonchev–Trinajstić information content (AvgIpc) is 2.67. The van der Waals surface area contributed by atoms with E-state index in [0.717, 1.165) is 30.4 Å². The second-order valence-corrected chi connectivity index (χ2v) is 10.3. The van der Waals surface area contributed by atoms with E-state index in [1.54, 1.807) is 24.3 Å². The maximum absolute atomic E-state index is 13.2. The standard InChI is InChI=1S/C24H31NO3S/c1-17(2)16-20-10-7-11-22(26)23(20)24(19-8-5-4-6-9-19)25-29(27,28)21-14-12-18(3)13-15-21/h4-6,8-9,12-15,17,20,23-25H,7,10-11,16H2,1-3H3/t20-,23-,24+/m0/s1. The van der Waals surface area contributed by atoms with Gasteiger partial charge in [0.25, 0.3) is 0 Å². The third kappa shape index (κ3) is 5.34. The Morgan fingerprint density at radius 2 is 1.69 bits per heavy atom. The Morgan fingerprint density at radius 1 is 1.03 bits per heavy atom. The van der Waals surface area contributed by atoms with Crippen molar-refractivity contribution in [3.8, 4) is 0 Å². The first-order chi connectivity index (χ1) is 13.8. The molecule has 1 aliphatic carbocycles. The van der Waals surface area contributed by atoms with Crippen molar-refractivity contribution in [3.63, 3.8) is 0 Å². The highest BCUT2D eigenvalue weighted by molar-refractivity contribution is 7.89. The van der Waals surface area contributed by atoms with E-state index >= 15 is 0 Å². The third-order valence-corrected chi connectivity index (χ3v) is 7.24. The largest absolute Gasteiger partial charge is 0.299 e. The molecule has 0 radical (unpaired) electrons. The molecule has 1 fully saturated rings. The zero-order valence-electron chi connectivity index (χ0n) is 17.5. The van der Waals surface area contributed by atoms with E-state index in [2.05, 4.69) is 18.6 Å². The van der Waals surface area contributed by atoms with Crippen LogP contribution in [-0.4, -0.2) is 14.2 Å². The topological polar surface area (TPSA) is 63.2 Å². The van der Waals surface area contributed by atoms with Crippen molar-refractivity contribution in [2.75, 3.05) is 0 Å². The molecule has 3 atom stereocenters. The Morgan fingerprint density at radius 3 is 2.31 bits per heavy atom. The summed E-state index contributed by atoms with van der Waals surface area (Å²) in [5.74, 6) is 0.469. The van der Waals surface area contributed by atoms with Gasteiger partial charge in [-0.05, 0) is 55.7 Å². The minimum atomic E-state index is -3.75. The number of carbonyl (C=O) groups excluding carboxylic acids is 1. The minimum Gasteiger partial charge on any atom is -0.299 e. The summed E-state index contributed by atoms with van der Waals surface area (Å²) < 4.78 is 29.3. The highest BCUT2D eigenvalue weighted by atomic mass is 32.2. The van der Waals surface area contributed by atoms with E-state index < -0.39 is 16.1 Å². The lowest BCUT2D eigenvalue weighted by atomic mass is 9.70. The number of sulfonamides is 1. The van der Waals surface area contributed by atoms with Gasteiger partial charge in [0.15, 0.2) is 0 Å². The van der Waals surface area contributed by atoms with Crippen LogP contribution in [0, 0.1) is 24.7 Å². The SMILES string of the molecule is Cc1ccc(S(=O)(=O)N[C@H](c2ccccc2)[C@@H]2C(=O)CCC[C@H]2CC(C)C)cc1. The van der Waals surface area contributed by atoms with E-state index in [0.29, 0.717) is 12.3 Å². The maximum atomic E-state index is 13.2. The molecule has 2 aromatic carbocycles. The molecular weight excluding hydrogens is 382 g/mol. The fraction of sp³-hybridized carbons (Fsp3) is 0.458. The number of hydrogen-bond donors (Lipinski definition) is 1. The fourth-order valence-corrected chi connectivity index (χ4v) is 5.68. The van der Waals surface area contributed by atoms with Gasteiger partial charge in [0, 0.05) is 12.3 Å². The van der Waals surface area contributed by atoms with Crippen LogP contribution >= 0.6 is 0 Å². The molecule has 0 saturated heterocycles. The molecule has 0 amide bonds. The summed E-state index contributed by atoms with van der Waals surface area (Å²) in [7, 11) is -3.75. The quantitative estimate of drug-likeness (QED) is 0.691. The van der Waals surface area contributed by atoms with Gasteiger partial charge < -0.3 is 0 Å². The normalized spacial score (nSPS) is 21.3. The Kier molecular flexibility index (Phi) is 6.91. The van der Waals surface area contributed by atoms with Gasteiger partial charge >= 0.3 is 0 Å². The van der Waals surface area contributed by atoms with Gasteiger partial charge in [0.1, 0.15) is 5.78 Å². The molecule has 3 rings (SSSR count). The second kappa shape index (κ2) is 9.23. The number of aryl methyl sites for hydroxylation is 1. The van der Waals surface area contributed by atoms with Gasteiger partial charge in [-0.15, -0.1) is 0 Å². The number of Topliss-reactive ketones (excluding diaryl/α,β-unsaturated/α-hetero) is 1. The van der Waals surface area contributed by atoms with Crippen molar-refractivity contribution in [2.45, 2.75) is 57.4 Å². The van der Waals surface area contributed by atoms with Crippen molar-refractivity contribution < 1.29 is 13.2 Å². The van der Waals surface area contributed by atoms with Crippen molar-refractivity contribution >= 4 is 15.8 Å². The van der Waals surface area contributed by atoms with Gasteiger partial charge in [-0.3, -0.25) is 4.79 Å². The summed E-state index contributed by atoms with van der Waals surface area (Å²) in [4.78, 5) is 13.3. The van der Waals surface area contributed by atoms with Gasteiger partial charge in [-0.25, -0.2) is 13.1 Å². The lowest BCUT2D eigenvalue weighted by molar-refractivity contribution is -0.128. The first kappa shape index (κ1) is 21.7. The lowest BCUT2D eigenvalue weighted by Gasteiger charge is -2.37. The first-order valence-electron chi connectivity index (χ1n) is 10.4. The van der Waals surface area contributed by atoms with Gasteiger partial charge in [-0.1, -0.05) is 61.9 Å². The number of carbonyl (C=O) groups is 1. The van der Waals surface area contributed by atoms with E-state index in [-0.39, 0.29) is 22.5 Å².